The zero-order chi connectivity index (χ0) is 12.1. The molecule has 0 N–H and O–H groups in total. The van der Waals surface area contributed by atoms with Crippen molar-refractivity contribution in [1.29, 1.82) is 0 Å². The average Bonchev–Trinajstić information content (AvgIpc) is 2.80. The van der Waals surface area contributed by atoms with Crippen molar-refractivity contribution in [3.8, 4) is 0 Å². The van der Waals surface area contributed by atoms with E-state index in [4.69, 9.17) is 11.6 Å². The van der Waals surface area contributed by atoms with Crippen LogP contribution in [0.5, 0.6) is 0 Å². The first-order chi connectivity index (χ1) is 8.33. The Morgan fingerprint density at radius 1 is 1.29 bits per heavy atom. The Morgan fingerprint density at radius 2 is 2.12 bits per heavy atom. The minimum Gasteiger partial charge on any atom is -0.299 e. The summed E-state index contributed by atoms with van der Waals surface area (Å²) < 4.78 is 1.70. The van der Waals surface area contributed by atoms with Gasteiger partial charge in [-0.1, -0.05) is 12.8 Å². The van der Waals surface area contributed by atoms with E-state index in [1.807, 2.05) is 11.4 Å². The van der Waals surface area contributed by atoms with E-state index in [1.165, 1.54) is 11.3 Å². The lowest BCUT2D eigenvalue weighted by Gasteiger charge is -2.04. The first-order valence-corrected chi connectivity index (χ1v) is 7.23. The minimum atomic E-state index is 0.0774. The number of alkyl halides is 1. The number of aryl methyl sites for hydroxylation is 1. The topological polar surface area (TPSA) is 34.9 Å². The quantitative estimate of drug-likeness (QED) is 0.597. The van der Waals surface area contributed by atoms with E-state index in [-0.39, 0.29) is 5.56 Å². The molecule has 5 heteroatoms. The first-order valence-electron chi connectivity index (χ1n) is 5.81. The molecule has 2 aromatic rings. The van der Waals surface area contributed by atoms with Gasteiger partial charge in [-0.15, -0.1) is 22.9 Å². The Labute approximate surface area is 109 Å². The normalized spacial score (nSPS) is 11.1. The van der Waals surface area contributed by atoms with E-state index < -0.39 is 0 Å². The lowest BCUT2D eigenvalue weighted by atomic mass is 10.2. The maximum Gasteiger partial charge on any atom is 0.262 e. The molecule has 3 nitrogen and oxygen atoms in total. The number of halogens is 1. The van der Waals surface area contributed by atoms with Crippen LogP contribution in [0.2, 0.25) is 0 Å². The van der Waals surface area contributed by atoms with E-state index in [0.29, 0.717) is 0 Å². The molecule has 0 bridgehead atoms. The fourth-order valence-corrected chi connectivity index (χ4v) is 2.70. The number of hydrogen-bond donors (Lipinski definition) is 0. The van der Waals surface area contributed by atoms with Crippen LogP contribution in [0.25, 0.3) is 10.2 Å². The second kappa shape index (κ2) is 6.17. The van der Waals surface area contributed by atoms with Crippen LogP contribution >= 0.6 is 22.9 Å². The van der Waals surface area contributed by atoms with Gasteiger partial charge in [0, 0.05) is 12.4 Å². The number of fused-ring (bicyclic) bond motifs is 1. The average molecular weight is 271 g/mol. The highest BCUT2D eigenvalue weighted by Gasteiger charge is 2.04. The fourth-order valence-electron chi connectivity index (χ4n) is 1.78. The number of aromatic nitrogens is 2. The number of unbranched alkanes of at least 4 members (excludes halogenated alkanes) is 3. The molecule has 0 aliphatic heterocycles. The predicted molar refractivity (Wildman–Crippen MR) is 73.1 cm³/mol. The highest BCUT2D eigenvalue weighted by atomic mass is 35.5. The molecule has 2 aromatic heterocycles. The van der Waals surface area contributed by atoms with Gasteiger partial charge in [0.25, 0.3) is 5.56 Å². The summed E-state index contributed by atoms with van der Waals surface area (Å²) in [5.74, 6) is 0.725. The van der Waals surface area contributed by atoms with Gasteiger partial charge in [0.05, 0.1) is 11.7 Å². The standard InChI is InChI=1S/C12H15ClN2OS/c13-6-3-1-2-4-7-15-9-14-11-10(12(15)16)5-8-17-11/h5,8-9H,1-4,6-7H2. The monoisotopic (exact) mass is 270 g/mol. The minimum absolute atomic E-state index is 0.0774. The van der Waals surface area contributed by atoms with Crippen LogP contribution in [-0.2, 0) is 6.54 Å². The van der Waals surface area contributed by atoms with Gasteiger partial charge in [-0.2, -0.15) is 0 Å². The largest absolute Gasteiger partial charge is 0.299 e. The van der Waals surface area contributed by atoms with Crippen LogP contribution in [0.3, 0.4) is 0 Å². The van der Waals surface area contributed by atoms with E-state index in [0.717, 1.165) is 48.3 Å². The summed E-state index contributed by atoms with van der Waals surface area (Å²) in [6.45, 7) is 0.750. The molecule has 0 amide bonds. The summed E-state index contributed by atoms with van der Waals surface area (Å²) in [5.41, 5.74) is 0.0774. The molecule has 0 aliphatic rings. The zero-order valence-electron chi connectivity index (χ0n) is 9.56. The van der Waals surface area contributed by atoms with Gasteiger partial charge in [-0.25, -0.2) is 4.98 Å². The Kier molecular flexibility index (Phi) is 4.57. The van der Waals surface area contributed by atoms with Crippen molar-refractivity contribution in [2.75, 3.05) is 5.88 Å². The molecular weight excluding hydrogens is 256 g/mol. The van der Waals surface area contributed by atoms with Crippen molar-refractivity contribution >= 4 is 33.2 Å². The third-order valence-electron chi connectivity index (χ3n) is 2.73. The van der Waals surface area contributed by atoms with Crippen molar-refractivity contribution in [1.82, 2.24) is 9.55 Å². The van der Waals surface area contributed by atoms with Crippen LogP contribution < -0.4 is 5.56 Å². The molecule has 0 saturated heterocycles. The van der Waals surface area contributed by atoms with E-state index in [2.05, 4.69) is 4.98 Å². The number of thiophene rings is 1. The van der Waals surface area contributed by atoms with Crippen LogP contribution in [0, 0.1) is 0 Å². The van der Waals surface area contributed by atoms with Crippen molar-refractivity contribution < 1.29 is 0 Å². The van der Waals surface area contributed by atoms with Crippen LogP contribution in [0.4, 0.5) is 0 Å². The zero-order valence-corrected chi connectivity index (χ0v) is 11.1. The van der Waals surface area contributed by atoms with Gasteiger partial charge < -0.3 is 0 Å². The van der Waals surface area contributed by atoms with Gasteiger partial charge in [-0.3, -0.25) is 9.36 Å². The van der Waals surface area contributed by atoms with Crippen molar-refractivity contribution in [2.24, 2.45) is 0 Å². The Morgan fingerprint density at radius 3 is 2.94 bits per heavy atom. The number of hydrogen-bond acceptors (Lipinski definition) is 3. The van der Waals surface area contributed by atoms with Crippen molar-refractivity contribution in [3.63, 3.8) is 0 Å². The van der Waals surface area contributed by atoms with Gasteiger partial charge in [0.2, 0.25) is 0 Å². The summed E-state index contributed by atoms with van der Waals surface area (Å²) in [7, 11) is 0. The maximum absolute atomic E-state index is 12.0. The molecular formula is C12H15ClN2OS. The summed E-state index contributed by atoms with van der Waals surface area (Å²) in [6, 6.07) is 1.85. The molecule has 0 radical (unpaired) electrons. The maximum atomic E-state index is 12.0. The summed E-state index contributed by atoms with van der Waals surface area (Å²) in [5, 5.41) is 2.64. The summed E-state index contributed by atoms with van der Waals surface area (Å²) in [6.07, 6.45) is 5.96. The number of rotatable bonds is 6. The van der Waals surface area contributed by atoms with E-state index in [9.17, 15) is 4.79 Å². The second-order valence-electron chi connectivity index (χ2n) is 3.99. The molecule has 0 aliphatic carbocycles. The molecule has 0 unspecified atom stereocenters. The Bertz CT molecular complexity index is 535. The van der Waals surface area contributed by atoms with Crippen molar-refractivity contribution in [3.05, 3.63) is 28.1 Å². The first kappa shape index (κ1) is 12.6. The van der Waals surface area contributed by atoms with Crippen LogP contribution in [0.15, 0.2) is 22.6 Å². The molecule has 2 rings (SSSR count). The molecule has 0 spiro atoms. The molecule has 0 saturated carbocycles. The van der Waals surface area contributed by atoms with Gasteiger partial charge >= 0.3 is 0 Å². The summed E-state index contributed by atoms with van der Waals surface area (Å²) in [4.78, 5) is 17.1. The van der Waals surface area contributed by atoms with Gasteiger partial charge in [0.15, 0.2) is 0 Å². The lowest BCUT2D eigenvalue weighted by Crippen LogP contribution is -2.19. The molecule has 2 heterocycles. The van der Waals surface area contributed by atoms with Gasteiger partial charge in [-0.05, 0) is 24.3 Å². The highest BCUT2D eigenvalue weighted by molar-refractivity contribution is 7.16. The van der Waals surface area contributed by atoms with Gasteiger partial charge in [0.1, 0.15) is 4.83 Å². The highest BCUT2D eigenvalue weighted by Crippen LogP contribution is 2.13. The molecule has 0 atom stereocenters. The second-order valence-corrected chi connectivity index (χ2v) is 5.26. The van der Waals surface area contributed by atoms with Crippen molar-refractivity contribution in [2.45, 2.75) is 32.2 Å². The predicted octanol–water partition coefficient (Wildman–Crippen LogP) is 3.26. The molecule has 92 valence electrons. The molecule has 17 heavy (non-hydrogen) atoms. The van der Waals surface area contributed by atoms with E-state index >= 15 is 0 Å². The van der Waals surface area contributed by atoms with Crippen LogP contribution in [-0.4, -0.2) is 15.4 Å². The summed E-state index contributed by atoms with van der Waals surface area (Å²) >= 11 is 7.12. The Balaban J connectivity index is 1.99. The Hall–Kier alpha value is -0.870. The SMILES string of the molecule is O=c1c2ccsc2ncn1CCCCCCCl. The smallest absolute Gasteiger partial charge is 0.262 e. The third kappa shape index (κ3) is 3.07. The molecule has 0 aromatic carbocycles. The number of nitrogens with zero attached hydrogens (tertiary/aromatic N) is 2. The molecule has 0 fully saturated rings. The third-order valence-corrected chi connectivity index (χ3v) is 3.82. The lowest BCUT2D eigenvalue weighted by molar-refractivity contribution is 0.568. The van der Waals surface area contributed by atoms with E-state index in [1.54, 1.807) is 10.9 Å². The van der Waals surface area contributed by atoms with Crippen LogP contribution in [0.1, 0.15) is 25.7 Å². The fraction of sp³-hybridized carbons (Fsp3) is 0.500.